The second kappa shape index (κ2) is 5.47. The highest BCUT2D eigenvalue weighted by molar-refractivity contribution is 5.59. The smallest absolute Gasteiger partial charge is 0.289 e. The number of benzene rings is 1. The fourth-order valence-corrected chi connectivity index (χ4v) is 1.92. The van der Waals surface area contributed by atoms with Crippen LogP contribution in [0.4, 0.5) is 11.4 Å². The minimum absolute atomic E-state index is 0.0719. The van der Waals surface area contributed by atoms with E-state index in [0.29, 0.717) is 12.2 Å². The standard InChI is InChI=1S/C12H13N3O3/c13-7-9-3-4-10(6-12(9)15(16)17)14-8-11-2-1-5-18-11/h3-4,6,11,14H,1-2,5,8H2. The molecule has 0 aromatic heterocycles. The van der Waals surface area contributed by atoms with Crippen LogP contribution in [0.25, 0.3) is 0 Å². The van der Waals surface area contributed by atoms with Crippen LogP contribution in [0.3, 0.4) is 0 Å². The van der Waals surface area contributed by atoms with Gasteiger partial charge in [-0.25, -0.2) is 0 Å². The van der Waals surface area contributed by atoms with Crippen LogP contribution < -0.4 is 5.32 Å². The van der Waals surface area contributed by atoms with Crippen molar-refractivity contribution < 1.29 is 9.66 Å². The molecule has 0 saturated carbocycles. The van der Waals surface area contributed by atoms with Crippen LogP contribution in [-0.4, -0.2) is 24.2 Å². The molecular weight excluding hydrogens is 234 g/mol. The first kappa shape index (κ1) is 12.3. The maximum Gasteiger partial charge on any atom is 0.289 e. The van der Waals surface area contributed by atoms with Crippen molar-refractivity contribution in [1.82, 2.24) is 0 Å². The molecule has 1 aromatic carbocycles. The number of nitro benzene ring substituents is 1. The molecule has 1 fully saturated rings. The molecule has 0 aliphatic carbocycles. The third kappa shape index (κ3) is 2.76. The fourth-order valence-electron chi connectivity index (χ4n) is 1.92. The number of rotatable bonds is 4. The molecule has 1 N–H and O–H groups in total. The number of hydrogen-bond acceptors (Lipinski definition) is 5. The lowest BCUT2D eigenvalue weighted by atomic mass is 10.1. The predicted octanol–water partition coefficient (Wildman–Crippen LogP) is 2.06. The molecule has 0 radical (unpaired) electrons. The molecule has 1 aromatic rings. The van der Waals surface area contributed by atoms with Gasteiger partial charge in [-0.15, -0.1) is 0 Å². The van der Waals surface area contributed by atoms with Crippen LogP contribution in [-0.2, 0) is 4.74 Å². The molecule has 2 rings (SSSR count). The van der Waals surface area contributed by atoms with Crippen molar-refractivity contribution in [2.24, 2.45) is 0 Å². The van der Waals surface area contributed by atoms with Crippen LogP contribution in [0.5, 0.6) is 0 Å². The second-order valence-corrected chi connectivity index (χ2v) is 4.12. The average molecular weight is 247 g/mol. The normalized spacial score (nSPS) is 18.3. The SMILES string of the molecule is N#Cc1ccc(NCC2CCCO2)cc1[N+](=O)[O-]. The van der Waals surface area contributed by atoms with E-state index in [0.717, 1.165) is 19.4 Å². The predicted molar refractivity (Wildman–Crippen MR) is 65.3 cm³/mol. The van der Waals surface area contributed by atoms with Gasteiger partial charge in [-0.2, -0.15) is 5.26 Å². The van der Waals surface area contributed by atoms with Gasteiger partial charge in [0.1, 0.15) is 11.6 Å². The maximum absolute atomic E-state index is 10.8. The van der Waals surface area contributed by atoms with Crippen molar-refractivity contribution in [3.63, 3.8) is 0 Å². The highest BCUT2D eigenvalue weighted by Crippen LogP contribution is 2.23. The van der Waals surface area contributed by atoms with Gasteiger partial charge in [0.25, 0.3) is 5.69 Å². The quantitative estimate of drug-likeness (QED) is 0.649. The monoisotopic (exact) mass is 247 g/mol. The van der Waals surface area contributed by atoms with Gasteiger partial charge in [0.2, 0.25) is 0 Å². The van der Waals surface area contributed by atoms with Gasteiger partial charge in [-0.1, -0.05) is 0 Å². The molecule has 1 heterocycles. The summed E-state index contributed by atoms with van der Waals surface area (Å²) in [7, 11) is 0. The maximum atomic E-state index is 10.8. The van der Waals surface area contributed by atoms with E-state index in [9.17, 15) is 10.1 Å². The molecule has 1 unspecified atom stereocenters. The summed E-state index contributed by atoms with van der Waals surface area (Å²) in [6.45, 7) is 1.41. The topological polar surface area (TPSA) is 88.2 Å². The number of ether oxygens (including phenoxy) is 1. The van der Waals surface area contributed by atoms with E-state index in [1.165, 1.54) is 12.1 Å². The molecule has 0 spiro atoms. The Morgan fingerprint density at radius 1 is 1.61 bits per heavy atom. The summed E-state index contributed by atoms with van der Waals surface area (Å²) in [6.07, 6.45) is 2.23. The van der Waals surface area contributed by atoms with Gasteiger partial charge in [0.15, 0.2) is 0 Å². The lowest BCUT2D eigenvalue weighted by Crippen LogP contribution is -2.18. The minimum atomic E-state index is -0.546. The Bertz CT molecular complexity index is 490. The number of anilines is 1. The van der Waals surface area contributed by atoms with E-state index in [2.05, 4.69) is 5.32 Å². The van der Waals surface area contributed by atoms with Crippen LogP contribution in [0.1, 0.15) is 18.4 Å². The number of nitriles is 1. The van der Waals surface area contributed by atoms with E-state index >= 15 is 0 Å². The number of nitro groups is 1. The van der Waals surface area contributed by atoms with E-state index in [-0.39, 0.29) is 17.4 Å². The Morgan fingerprint density at radius 2 is 2.44 bits per heavy atom. The van der Waals surface area contributed by atoms with Gasteiger partial charge in [0.05, 0.1) is 11.0 Å². The zero-order valence-electron chi connectivity index (χ0n) is 9.76. The summed E-state index contributed by atoms with van der Waals surface area (Å²) in [5, 5.41) is 22.7. The molecule has 18 heavy (non-hydrogen) atoms. The zero-order valence-corrected chi connectivity index (χ0v) is 9.76. The molecule has 94 valence electrons. The van der Waals surface area contributed by atoms with Crippen LogP contribution >= 0.6 is 0 Å². The van der Waals surface area contributed by atoms with E-state index < -0.39 is 4.92 Å². The van der Waals surface area contributed by atoms with Crippen molar-refractivity contribution in [2.45, 2.75) is 18.9 Å². The Hall–Kier alpha value is -2.13. The number of hydrogen-bond donors (Lipinski definition) is 1. The van der Waals surface area contributed by atoms with E-state index in [1.807, 2.05) is 6.07 Å². The molecule has 6 nitrogen and oxygen atoms in total. The molecule has 0 bridgehead atoms. The molecule has 0 amide bonds. The van der Waals surface area contributed by atoms with Gasteiger partial charge >= 0.3 is 0 Å². The first-order valence-corrected chi connectivity index (χ1v) is 5.74. The third-order valence-corrected chi connectivity index (χ3v) is 2.87. The summed E-state index contributed by atoms with van der Waals surface area (Å²) >= 11 is 0. The van der Waals surface area contributed by atoms with E-state index in [4.69, 9.17) is 10.00 Å². The van der Waals surface area contributed by atoms with Gasteiger partial charge in [-0.3, -0.25) is 10.1 Å². The van der Waals surface area contributed by atoms with Crippen molar-refractivity contribution in [3.8, 4) is 6.07 Å². The molecule has 1 aliphatic heterocycles. The highest BCUT2D eigenvalue weighted by atomic mass is 16.6. The van der Waals surface area contributed by atoms with Crippen LogP contribution in [0, 0.1) is 21.4 Å². The molecule has 6 heteroatoms. The summed E-state index contributed by atoms with van der Waals surface area (Å²) < 4.78 is 5.45. The lowest BCUT2D eigenvalue weighted by molar-refractivity contribution is -0.385. The molecule has 1 saturated heterocycles. The second-order valence-electron chi connectivity index (χ2n) is 4.12. The third-order valence-electron chi connectivity index (χ3n) is 2.87. The minimum Gasteiger partial charge on any atom is -0.382 e. The zero-order chi connectivity index (χ0) is 13.0. The van der Waals surface area contributed by atoms with Crippen LogP contribution in [0.2, 0.25) is 0 Å². The Morgan fingerprint density at radius 3 is 3.06 bits per heavy atom. The molecule has 1 atom stereocenters. The lowest BCUT2D eigenvalue weighted by Gasteiger charge is -2.11. The highest BCUT2D eigenvalue weighted by Gasteiger charge is 2.17. The average Bonchev–Trinajstić information content (AvgIpc) is 2.89. The van der Waals surface area contributed by atoms with Gasteiger partial charge in [-0.05, 0) is 25.0 Å². The fraction of sp³-hybridized carbons (Fsp3) is 0.417. The summed E-state index contributed by atoms with van der Waals surface area (Å²) in [4.78, 5) is 10.2. The number of nitrogens with zero attached hydrogens (tertiary/aromatic N) is 2. The van der Waals surface area contributed by atoms with Crippen molar-refractivity contribution in [2.75, 3.05) is 18.5 Å². The van der Waals surface area contributed by atoms with Crippen molar-refractivity contribution >= 4 is 11.4 Å². The van der Waals surface area contributed by atoms with Gasteiger partial charge < -0.3 is 10.1 Å². The van der Waals surface area contributed by atoms with Crippen molar-refractivity contribution in [1.29, 1.82) is 5.26 Å². The number of nitrogens with one attached hydrogen (secondary N) is 1. The van der Waals surface area contributed by atoms with Crippen LogP contribution in [0.15, 0.2) is 18.2 Å². The summed E-state index contributed by atoms with van der Waals surface area (Å²) in [5.74, 6) is 0. The van der Waals surface area contributed by atoms with Gasteiger partial charge in [0, 0.05) is 24.9 Å². The first-order chi connectivity index (χ1) is 8.70. The summed E-state index contributed by atoms with van der Waals surface area (Å²) in [5.41, 5.74) is 0.536. The Balaban J connectivity index is 2.07. The Labute approximate surface area is 104 Å². The molecular formula is C12H13N3O3. The largest absolute Gasteiger partial charge is 0.382 e. The van der Waals surface area contributed by atoms with Crippen molar-refractivity contribution in [3.05, 3.63) is 33.9 Å². The molecule has 1 aliphatic rings. The first-order valence-electron chi connectivity index (χ1n) is 5.74. The van der Waals surface area contributed by atoms with E-state index in [1.54, 1.807) is 6.07 Å². The summed E-state index contributed by atoms with van der Waals surface area (Å²) in [6, 6.07) is 6.31. The Kier molecular flexibility index (Phi) is 3.75.